The van der Waals surface area contributed by atoms with Crippen molar-refractivity contribution in [3.63, 3.8) is 0 Å². The number of H-pyrrole nitrogens is 1. The fourth-order valence-corrected chi connectivity index (χ4v) is 5.14. The lowest BCUT2D eigenvalue weighted by Gasteiger charge is -2.44. The van der Waals surface area contributed by atoms with Crippen LogP contribution >= 0.6 is 11.6 Å². The number of hydrogen-bond acceptors (Lipinski definition) is 4. The lowest BCUT2D eigenvalue weighted by molar-refractivity contribution is -0.141. The maximum atomic E-state index is 13.7. The van der Waals surface area contributed by atoms with Gasteiger partial charge in [0.15, 0.2) is 5.69 Å². The zero-order valence-corrected chi connectivity index (χ0v) is 17.4. The number of aromatic amines is 1. The Morgan fingerprint density at radius 3 is 2.67 bits per heavy atom. The van der Waals surface area contributed by atoms with Crippen LogP contribution in [0.1, 0.15) is 49.6 Å². The Morgan fingerprint density at radius 2 is 2.03 bits per heavy atom. The predicted octanol–water partition coefficient (Wildman–Crippen LogP) is 4.40. The van der Waals surface area contributed by atoms with Gasteiger partial charge in [0.05, 0.1) is 21.8 Å². The summed E-state index contributed by atoms with van der Waals surface area (Å²) in [5.74, 6) is -0.0355. The van der Waals surface area contributed by atoms with Crippen LogP contribution in [0.4, 0.5) is 18.9 Å². The molecule has 6 nitrogen and oxygen atoms in total. The molecule has 0 bridgehead atoms. The van der Waals surface area contributed by atoms with Gasteiger partial charge >= 0.3 is 6.18 Å². The van der Waals surface area contributed by atoms with E-state index in [1.165, 1.54) is 6.92 Å². The summed E-state index contributed by atoms with van der Waals surface area (Å²) < 4.78 is 41.2. The molecule has 0 aromatic carbocycles. The van der Waals surface area contributed by atoms with E-state index in [1.54, 1.807) is 17.9 Å². The molecule has 2 saturated heterocycles. The van der Waals surface area contributed by atoms with Crippen molar-refractivity contribution < 1.29 is 18.0 Å². The number of pyridine rings is 1. The van der Waals surface area contributed by atoms with Crippen molar-refractivity contribution in [2.75, 3.05) is 24.5 Å². The Labute approximate surface area is 176 Å². The van der Waals surface area contributed by atoms with E-state index in [1.807, 2.05) is 4.90 Å². The van der Waals surface area contributed by atoms with E-state index in [4.69, 9.17) is 11.6 Å². The van der Waals surface area contributed by atoms with Gasteiger partial charge < -0.3 is 14.8 Å². The van der Waals surface area contributed by atoms with Crippen LogP contribution < -0.4 is 4.90 Å². The number of aryl methyl sites for hydroxylation is 1. The first-order valence-corrected chi connectivity index (χ1v) is 10.2. The molecule has 4 rings (SSSR count). The predicted molar refractivity (Wildman–Crippen MR) is 106 cm³/mol. The first-order chi connectivity index (χ1) is 14.1. The van der Waals surface area contributed by atoms with Gasteiger partial charge in [-0.3, -0.25) is 4.79 Å². The number of nitrogens with zero attached hydrogens (tertiary/aromatic N) is 4. The Hall–Kier alpha value is -2.47. The fraction of sp³-hybridized carbons (Fsp3) is 0.550. The second-order valence-corrected chi connectivity index (χ2v) is 8.48. The second kappa shape index (κ2) is 7.05. The Morgan fingerprint density at radius 1 is 1.30 bits per heavy atom. The monoisotopic (exact) mass is 439 g/mol. The number of amides is 1. The van der Waals surface area contributed by atoms with Crippen LogP contribution in [-0.2, 0) is 11.0 Å². The molecule has 4 heterocycles. The Kier molecular flexibility index (Phi) is 4.88. The SMILES string of the molecule is CC(=O)N1CCCCC12CCN(c1c(C#N)c(C(F)(F)F)nc3c(Cl)c(C)[nH]c13)C2. The number of piperidine rings is 1. The molecule has 2 fully saturated rings. The van der Waals surface area contributed by atoms with E-state index in [-0.39, 0.29) is 22.1 Å². The van der Waals surface area contributed by atoms with Crippen molar-refractivity contribution in [2.24, 2.45) is 0 Å². The number of hydrogen-bond donors (Lipinski definition) is 1. The van der Waals surface area contributed by atoms with Gasteiger partial charge in [0.25, 0.3) is 0 Å². The number of nitriles is 1. The highest BCUT2D eigenvalue weighted by Gasteiger charge is 2.47. The van der Waals surface area contributed by atoms with Crippen LogP contribution in [0.25, 0.3) is 11.0 Å². The van der Waals surface area contributed by atoms with Crippen molar-refractivity contribution in [2.45, 2.75) is 51.2 Å². The van der Waals surface area contributed by atoms with Crippen LogP contribution in [0.2, 0.25) is 5.02 Å². The summed E-state index contributed by atoms with van der Waals surface area (Å²) in [6.45, 7) is 4.62. The van der Waals surface area contributed by atoms with E-state index in [9.17, 15) is 23.2 Å². The van der Waals surface area contributed by atoms with Crippen molar-refractivity contribution in [1.82, 2.24) is 14.9 Å². The third-order valence-electron chi connectivity index (χ3n) is 6.28. The molecule has 30 heavy (non-hydrogen) atoms. The number of anilines is 1. The highest BCUT2D eigenvalue weighted by atomic mass is 35.5. The highest BCUT2D eigenvalue weighted by Crippen LogP contribution is 2.45. The van der Waals surface area contributed by atoms with Crippen LogP contribution in [0.3, 0.4) is 0 Å². The summed E-state index contributed by atoms with van der Waals surface area (Å²) in [4.78, 5) is 22.6. The summed E-state index contributed by atoms with van der Waals surface area (Å²) in [6.07, 6.45) is -1.51. The maximum Gasteiger partial charge on any atom is 0.434 e. The molecule has 160 valence electrons. The average Bonchev–Trinajstić information content (AvgIpc) is 3.21. The van der Waals surface area contributed by atoms with Gasteiger partial charge in [-0.25, -0.2) is 4.98 Å². The minimum atomic E-state index is -4.80. The molecule has 0 aliphatic carbocycles. The third kappa shape index (κ3) is 3.09. The Balaban J connectivity index is 1.90. The Bertz CT molecular complexity index is 1070. The van der Waals surface area contributed by atoms with Crippen LogP contribution in [-0.4, -0.2) is 45.9 Å². The zero-order chi connectivity index (χ0) is 21.8. The first-order valence-electron chi connectivity index (χ1n) is 9.81. The first kappa shape index (κ1) is 20.8. The summed E-state index contributed by atoms with van der Waals surface area (Å²) >= 11 is 6.23. The van der Waals surface area contributed by atoms with Crippen molar-refractivity contribution in [1.29, 1.82) is 5.26 Å². The molecule has 10 heteroatoms. The minimum absolute atomic E-state index is 0.00325. The van der Waals surface area contributed by atoms with Crippen molar-refractivity contribution >= 4 is 34.2 Å². The molecule has 1 N–H and O–H groups in total. The molecule has 2 aliphatic heterocycles. The van der Waals surface area contributed by atoms with Gasteiger partial charge in [-0.1, -0.05) is 11.6 Å². The molecule has 2 aromatic heterocycles. The van der Waals surface area contributed by atoms with Gasteiger partial charge in [-0.2, -0.15) is 18.4 Å². The number of rotatable bonds is 1. The zero-order valence-electron chi connectivity index (χ0n) is 16.7. The molecule has 2 aromatic rings. The molecule has 1 amide bonds. The quantitative estimate of drug-likeness (QED) is 0.714. The number of carbonyl (C=O) groups is 1. The normalized spacial score (nSPS) is 22.2. The summed E-state index contributed by atoms with van der Waals surface area (Å²) in [5.41, 5.74) is -1.21. The third-order valence-corrected chi connectivity index (χ3v) is 6.74. The smallest absolute Gasteiger partial charge is 0.366 e. The summed E-state index contributed by atoms with van der Waals surface area (Å²) in [5, 5.41) is 9.78. The van der Waals surface area contributed by atoms with Gasteiger partial charge in [-0.05, 0) is 32.6 Å². The van der Waals surface area contributed by atoms with E-state index in [2.05, 4.69) is 9.97 Å². The number of carbonyl (C=O) groups excluding carboxylic acids is 1. The van der Waals surface area contributed by atoms with E-state index < -0.39 is 23.0 Å². The fourth-order valence-electron chi connectivity index (χ4n) is 4.96. The molecule has 0 radical (unpaired) electrons. The van der Waals surface area contributed by atoms with E-state index >= 15 is 0 Å². The van der Waals surface area contributed by atoms with Crippen LogP contribution in [0.15, 0.2) is 0 Å². The second-order valence-electron chi connectivity index (χ2n) is 8.10. The van der Waals surface area contributed by atoms with Gasteiger partial charge in [0.2, 0.25) is 5.91 Å². The summed E-state index contributed by atoms with van der Waals surface area (Å²) in [7, 11) is 0. The molecule has 2 aliphatic rings. The van der Waals surface area contributed by atoms with E-state index in [0.29, 0.717) is 37.3 Å². The standard InChI is InChI=1S/C20H21ClF3N5O/c1-11-14(21)15-16(26-11)17(13(9-25)18(27-15)20(22,23)24)28-8-6-19(10-28)5-3-4-7-29(19)12(2)30/h26H,3-8,10H2,1-2H3. The molecule has 1 atom stereocenters. The number of alkyl halides is 3. The van der Waals surface area contributed by atoms with Crippen LogP contribution in [0.5, 0.6) is 0 Å². The van der Waals surface area contributed by atoms with Crippen LogP contribution in [0, 0.1) is 18.3 Å². The van der Waals surface area contributed by atoms with Gasteiger partial charge in [0.1, 0.15) is 17.1 Å². The molecular formula is C20H21ClF3N5O. The summed E-state index contributed by atoms with van der Waals surface area (Å²) in [6, 6.07) is 1.73. The van der Waals surface area contributed by atoms with E-state index in [0.717, 1.165) is 19.3 Å². The van der Waals surface area contributed by atoms with Gasteiger partial charge in [-0.15, -0.1) is 0 Å². The maximum absolute atomic E-state index is 13.7. The van der Waals surface area contributed by atoms with Gasteiger partial charge in [0, 0.05) is 32.3 Å². The number of fused-ring (bicyclic) bond motifs is 1. The molecule has 1 spiro atoms. The topological polar surface area (TPSA) is 76.0 Å². The number of halogens is 4. The largest absolute Gasteiger partial charge is 0.434 e. The molecule has 1 unspecified atom stereocenters. The van der Waals surface area contributed by atoms with Crippen molar-refractivity contribution in [3.8, 4) is 6.07 Å². The molecule has 0 saturated carbocycles. The number of likely N-dealkylation sites (tertiary alicyclic amines) is 1. The average molecular weight is 440 g/mol. The lowest BCUT2D eigenvalue weighted by atomic mass is 9.85. The number of aromatic nitrogens is 2. The minimum Gasteiger partial charge on any atom is -0.366 e. The molecular weight excluding hydrogens is 419 g/mol. The highest BCUT2D eigenvalue weighted by molar-refractivity contribution is 6.36. The van der Waals surface area contributed by atoms with Crippen molar-refractivity contribution in [3.05, 3.63) is 22.0 Å². The number of nitrogens with one attached hydrogen (secondary N) is 1. The lowest BCUT2D eigenvalue weighted by Crippen LogP contribution is -2.55.